The predicted octanol–water partition coefficient (Wildman–Crippen LogP) is 2.94. The number of hydrogen-bond acceptors (Lipinski definition) is 4. The van der Waals surface area contributed by atoms with Gasteiger partial charge in [-0.15, -0.1) is 13.2 Å². The quantitative estimate of drug-likeness (QED) is 0.794. The molecule has 0 aromatic heterocycles. The Balaban J connectivity index is 3.35. The summed E-state index contributed by atoms with van der Waals surface area (Å²) < 4.78 is 45.5. The number of carbonyl (C=O) groups excluding carboxylic acids is 1. The van der Waals surface area contributed by atoms with Crippen molar-refractivity contribution in [3.63, 3.8) is 0 Å². The van der Waals surface area contributed by atoms with Gasteiger partial charge in [0, 0.05) is 5.56 Å². The molecular weight excluding hydrogens is 263 g/mol. The fraction of sp³-hybridized carbons (Fsp3) is 0.333. The van der Waals surface area contributed by atoms with E-state index >= 15 is 0 Å². The van der Waals surface area contributed by atoms with Crippen molar-refractivity contribution in [2.45, 2.75) is 20.2 Å². The molecule has 0 fully saturated rings. The fourth-order valence-electron chi connectivity index (χ4n) is 1.43. The summed E-state index contributed by atoms with van der Waals surface area (Å²) in [5.41, 5.74) is -0.437. The van der Waals surface area contributed by atoms with Gasteiger partial charge in [0.1, 0.15) is 11.3 Å². The number of halogens is 3. The minimum atomic E-state index is -4.96. The Kier molecular flexibility index (Phi) is 4.38. The number of hydrogen-bond donors (Lipinski definition) is 0. The first-order valence-electron chi connectivity index (χ1n) is 5.26. The zero-order valence-corrected chi connectivity index (χ0v) is 10.2. The summed E-state index contributed by atoms with van der Waals surface area (Å²) in [6.07, 6.45) is -4.96. The van der Waals surface area contributed by atoms with Gasteiger partial charge < -0.3 is 9.47 Å². The number of ether oxygens (including phenoxy) is 2. The smallest absolute Gasteiger partial charge is 0.462 e. The van der Waals surface area contributed by atoms with Crippen LogP contribution in [0.3, 0.4) is 0 Å². The Hall–Kier alpha value is -2.23. The third-order valence-electron chi connectivity index (χ3n) is 2.24. The lowest BCUT2D eigenvalue weighted by Gasteiger charge is -2.15. The lowest BCUT2D eigenvalue weighted by molar-refractivity contribution is -0.275. The molecule has 0 amide bonds. The first-order chi connectivity index (χ1) is 8.80. The first kappa shape index (κ1) is 14.8. The Morgan fingerprint density at radius 1 is 1.42 bits per heavy atom. The molecule has 1 aromatic carbocycles. The van der Waals surface area contributed by atoms with Gasteiger partial charge in [0.15, 0.2) is 0 Å². The lowest BCUT2D eigenvalue weighted by atomic mass is 10.0. The van der Waals surface area contributed by atoms with E-state index < -0.39 is 18.1 Å². The Labute approximate surface area is 107 Å². The molecule has 0 aliphatic heterocycles. The van der Waals surface area contributed by atoms with Crippen LogP contribution in [-0.2, 0) is 4.74 Å². The van der Waals surface area contributed by atoms with Crippen LogP contribution in [0.25, 0.3) is 0 Å². The van der Waals surface area contributed by atoms with Crippen LogP contribution in [0.1, 0.15) is 28.4 Å². The second-order valence-corrected chi connectivity index (χ2v) is 3.49. The topological polar surface area (TPSA) is 59.3 Å². The van der Waals surface area contributed by atoms with Crippen LogP contribution >= 0.6 is 0 Å². The van der Waals surface area contributed by atoms with Crippen molar-refractivity contribution in [1.82, 2.24) is 0 Å². The van der Waals surface area contributed by atoms with Gasteiger partial charge in [0.05, 0.1) is 18.2 Å². The van der Waals surface area contributed by atoms with E-state index in [0.29, 0.717) is 0 Å². The maximum atomic E-state index is 12.3. The largest absolute Gasteiger partial charge is 0.573 e. The van der Waals surface area contributed by atoms with Crippen LogP contribution in [0.4, 0.5) is 13.2 Å². The minimum Gasteiger partial charge on any atom is -0.462 e. The fourth-order valence-corrected chi connectivity index (χ4v) is 1.43. The van der Waals surface area contributed by atoms with E-state index in [4.69, 9.17) is 5.26 Å². The van der Waals surface area contributed by atoms with Gasteiger partial charge in [-0.2, -0.15) is 5.26 Å². The molecule has 0 saturated carbocycles. The molecule has 19 heavy (non-hydrogen) atoms. The number of benzene rings is 1. The summed E-state index contributed by atoms with van der Waals surface area (Å²) in [6, 6.07) is 4.04. The third-order valence-corrected chi connectivity index (χ3v) is 2.24. The number of alkyl halides is 3. The number of nitriles is 1. The molecule has 0 N–H and O–H groups in total. The molecule has 0 saturated heterocycles. The van der Waals surface area contributed by atoms with E-state index in [1.54, 1.807) is 6.07 Å². The van der Waals surface area contributed by atoms with Gasteiger partial charge in [-0.1, -0.05) is 0 Å². The van der Waals surface area contributed by atoms with Gasteiger partial charge in [0.25, 0.3) is 0 Å². The Morgan fingerprint density at radius 3 is 2.53 bits per heavy atom. The SMILES string of the molecule is CCOC(=O)c1ccc(C#N)c(C)c1OC(F)(F)F. The second kappa shape index (κ2) is 5.61. The second-order valence-electron chi connectivity index (χ2n) is 3.49. The van der Waals surface area contributed by atoms with Gasteiger partial charge in [-0.25, -0.2) is 4.79 Å². The number of carbonyl (C=O) groups is 1. The van der Waals surface area contributed by atoms with E-state index in [9.17, 15) is 18.0 Å². The van der Waals surface area contributed by atoms with E-state index in [-0.39, 0.29) is 23.3 Å². The maximum absolute atomic E-state index is 12.3. The molecular formula is C12H10F3NO3. The van der Waals surface area contributed by atoms with E-state index in [1.807, 2.05) is 0 Å². The van der Waals surface area contributed by atoms with Crippen LogP contribution in [-0.4, -0.2) is 18.9 Å². The highest BCUT2D eigenvalue weighted by atomic mass is 19.4. The van der Waals surface area contributed by atoms with Gasteiger partial charge in [-0.3, -0.25) is 0 Å². The van der Waals surface area contributed by atoms with Crippen LogP contribution in [0.5, 0.6) is 5.75 Å². The van der Waals surface area contributed by atoms with Gasteiger partial charge in [-0.05, 0) is 26.0 Å². The summed E-state index contributed by atoms with van der Waals surface area (Å²) in [5, 5.41) is 8.77. The van der Waals surface area contributed by atoms with Crippen LogP contribution < -0.4 is 4.74 Å². The zero-order valence-electron chi connectivity index (χ0n) is 10.2. The normalized spacial score (nSPS) is 10.7. The van der Waals surface area contributed by atoms with Crippen molar-refractivity contribution < 1.29 is 27.4 Å². The molecule has 7 heteroatoms. The molecule has 0 aliphatic carbocycles. The molecule has 0 atom stereocenters. The van der Waals surface area contributed by atoms with Gasteiger partial charge >= 0.3 is 12.3 Å². The predicted molar refractivity (Wildman–Crippen MR) is 58.5 cm³/mol. The van der Waals surface area contributed by atoms with Crippen LogP contribution in [0.2, 0.25) is 0 Å². The zero-order chi connectivity index (χ0) is 14.6. The molecule has 0 spiro atoms. The molecule has 1 aromatic rings. The standard InChI is InChI=1S/C12H10F3NO3/c1-3-18-11(17)9-5-4-8(6-16)7(2)10(9)19-12(13,14)15/h4-5H,3H2,1-2H3. The lowest BCUT2D eigenvalue weighted by Crippen LogP contribution is -2.20. The number of nitrogens with zero attached hydrogens (tertiary/aromatic N) is 1. The van der Waals surface area contributed by atoms with Gasteiger partial charge in [0.2, 0.25) is 0 Å². The molecule has 0 aliphatic rings. The van der Waals surface area contributed by atoms with Crippen molar-refractivity contribution >= 4 is 5.97 Å². The highest BCUT2D eigenvalue weighted by molar-refractivity contribution is 5.93. The highest BCUT2D eigenvalue weighted by Gasteiger charge is 2.34. The summed E-state index contributed by atoms with van der Waals surface area (Å²) in [4.78, 5) is 11.6. The van der Waals surface area contributed by atoms with E-state index in [2.05, 4.69) is 9.47 Å². The molecule has 0 heterocycles. The average Bonchev–Trinajstić information content (AvgIpc) is 2.30. The van der Waals surface area contributed by atoms with Crippen molar-refractivity contribution in [2.24, 2.45) is 0 Å². The summed E-state index contributed by atoms with van der Waals surface area (Å²) in [5.74, 6) is -1.64. The first-order valence-corrected chi connectivity index (χ1v) is 5.26. The van der Waals surface area contributed by atoms with Crippen molar-refractivity contribution in [2.75, 3.05) is 6.61 Å². The highest BCUT2D eigenvalue weighted by Crippen LogP contribution is 2.32. The molecule has 1 rings (SSSR count). The third kappa shape index (κ3) is 3.61. The van der Waals surface area contributed by atoms with E-state index in [0.717, 1.165) is 6.07 Å². The summed E-state index contributed by atoms with van der Waals surface area (Å²) >= 11 is 0. The number of esters is 1. The summed E-state index contributed by atoms with van der Waals surface area (Å²) in [7, 11) is 0. The van der Waals surface area contributed by atoms with Crippen molar-refractivity contribution in [1.29, 1.82) is 5.26 Å². The minimum absolute atomic E-state index is 0.00713. The molecule has 102 valence electrons. The van der Waals surface area contributed by atoms with Crippen LogP contribution in [0, 0.1) is 18.3 Å². The monoisotopic (exact) mass is 273 g/mol. The molecule has 0 unspecified atom stereocenters. The van der Waals surface area contributed by atoms with E-state index in [1.165, 1.54) is 19.9 Å². The maximum Gasteiger partial charge on any atom is 0.573 e. The molecule has 4 nitrogen and oxygen atoms in total. The Bertz CT molecular complexity index is 532. The summed E-state index contributed by atoms with van der Waals surface area (Å²) in [6.45, 7) is 2.81. The number of rotatable bonds is 3. The van der Waals surface area contributed by atoms with Crippen LogP contribution in [0.15, 0.2) is 12.1 Å². The Morgan fingerprint density at radius 2 is 2.05 bits per heavy atom. The average molecular weight is 273 g/mol. The molecule has 0 bridgehead atoms. The van der Waals surface area contributed by atoms with Crippen molar-refractivity contribution in [3.05, 3.63) is 28.8 Å². The molecule has 0 radical (unpaired) electrons. The van der Waals surface area contributed by atoms with Crippen molar-refractivity contribution in [3.8, 4) is 11.8 Å².